The summed E-state index contributed by atoms with van der Waals surface area (Å²) in [7, 11) is 1.77. The number of rotatable bonds is 5. The normalized spacial score (nSPS) is 15.0. The second kappa shape index (κ2) is 6.00. The summed E-state index contributed by atoms with van der Waals surface area (Å²) in [5, 5.41) is 3.80. The molecule has 0 heterocycles. The van der Waals surface area contributed by atoms with E-state index in [1.54, 1.807) is 7.11 Å². The van der Waals surface area contributed by atoms with Gasteiger partial charge in [0.1, 0.15) is 0 Å². The van der Waals surface area contributed by atoms with Crippen LogP contribution in [0.5, 0.6) is 0 Å². The number of benzene rings is 2. The molecule has 110 valence electrons. The molecule has 1 aliphatic carbocycles. The zero-order valence-corrected chi connectivity index (χ0v) is 13.0. The average Bonchev–Trinajstić information content (AvgIpc) is 2.81. The number of hydrogen-bond acceptors (Lipinski definition) is 2. The quantitative estimate of drug-likeness (QED) is 0.894. The molecule has 1 atom stereocenters. The summed E-state index contributed by atoms with van der Waals surface area (Å²) in [6.45, 7) is 5.21. The molecule has 21 heavy (non-hydrogen) atoms. The van der Waals surface area contributed by atoms with Crippen LogP contribution < -0.4 is 5.32 Å². The van der Waals surface area contributed by atoms with Gasteiger partial charge in [0.15, 0.2) is 0 Å². The summed E-state index contributed by atoms with van der Waals surface area (Å²) in [5.41, 5.74) is 5.46. The van der Waals surface area contributed by atoms with E-state index in [0.717, 1.165) is 6.61 Å². The number of hydrogen-bond donors (Lipinski definition) is 1. The summed E-state index contributed by atoms with van der Waals surface area (Å²) in [6, 6.07) is 18.0. The maximum Gasteiger partial charge on any atom is 0.0618 e. The van der Waals surface area contributed by atoms with Crippen LogP contribution in [-0.4, -0.2) is 19.8 Å². The molecule has 0 aliphatic heterocycles. The molecule has 1 aliphatic rings. The van der Waals surface area contributed by atoms with E-state index in [2.05, 4.69) is 67.7 Å². The minimum Gasteiger partial charge on any atom is -0.383 e. The highest BCUT2D eigenvalue weighted by Gasteiger charge is 2.30. The zero-order valence-electron chi connectivity index (χ0n) is 13.0. The number of fused-ring (bicyclic) bond motifs is 3. The van der Waals surface area contributed by atoms with Crippen LogP contribution in [0.3, 0.4) is 0 Å². The van der Waals surface area contributed by atoms with Gasteiger partial charge in [-0.05, 0) is 28.2 Å². The van der Waals surface area contributed by atoms with Crippen molar-refractivity contribution in [2.45, 2.75) is 25.9 Å². The van der Waals surface area contributed by atoms with E-state index in [1.165, 1.54) is 22.3 Å². The Balaban J connectivity index is 1.98. The smallest absolute Gasteiger partial charge is 0.0618 e. The Hall–Kier alpha value is -1.64. The van der Waals surface area contributed by atoms with E-state index >= 15 is 0 Å². The molecule has 0 saturated carbocycles. The lowest BCUT2D eigenvalue weighted by atomic mass is 10.00. The third-order valence-electron chi connectivity index (χ3n) is 4.37. The van der Waals surface area contributed by atoms with Crippen molar-refractivity contribution in [2.75, 3.05) is 13.7 Å². The minimum atomic E-state index is 0.264. The van der Waals surface area contributed by atoms with Crippen molar-refractivity contribution in [3.05, 3.63) is 59.7 Å². The van der Waals surface area contributed by atoms with Gasteiger partial charge in [-0.1, -0.05) is 62.4 Å². The van der Waals surface area contributed by atoms with E-state index in [1.807, 2.05) is 0 Å². The van der Waals surface area contributed by atoms with E-state index in [0.29, 0.717) is 12.0 Å². The largest absolute Gasteiger partial charge is 0.383 e. The monoisotopic (exact) mass is 281 g/mol. The van der Waals surface area contributed by atoms with Crippen molar-refractivity contribution >= 4 is 0 Å². The van der Waals surface area contributed by atoms with E-state index in [4.69, 9.17) is 4.74 Å². The zero-order chi connectivity index (χ0) is 14.8. The molecule has 1 N–H and O–H groups in total. The molecule has 3 rings (SSSR count). The third kappa shape index (κ3) is 2.61. The maximum absolute atomic E-state index is 5.39. The van der Waals surface area contributed by atoms with Gasteiger partial charge in [0.25, 0.3) is 0 Å². The molecule has 0 spiro atoms. The lowest BCUT2D eigenvalue weighted by Gasteiger charge is -2.27. The van der Waals surface area contributed by atoms with E-state index in [9.17, 15) is 0 Å². The van der Waals surface area contributed by atoms with Crippen LogP contribution in [0.25, 0.3) is 11.1 Å². The molecule has 0 fully saturated rings. The fourth-order valence-electron chi connectivity index (χ4n) is 3.16. The second-order valence-electron chi connectivity index (χ2n) is 6.08. The van der Waals surface area contributed by atoms with Crippen molar-refractivity contribution in [1.82, 2.24) is 5.32 Å². The molecule has 2 aromatic carbocycles. The van der Waals surface area contributed by atoms with Crippen molar-refractivity contribution in [1.29, 1.82) is 0 Å². The molecular formula is C19H23NO. The minimum absolute atomic E-state index is 0.264. The Morgan fingerprint density at radius 3 is 1.95 bits per heavy atom. The van der Waals surface area contributed by atoms with Crippen LogP contribution in [-0.2, 0) is 4.74 Å². The summed E-state index contributed by atoms with van der Waals surface area (Å²) < 4.78 is 5.39. The van der Waals surface area contributed by atoms with Crippen molar-refractivity contribution in [2.24, 2.45) is 5.92 Å². The van der Waals surface area contributed by atoms with Gasteiger partial charge in [-0.2, -0.15) is 0 Å². The molecule has 2 aromatic rings. The fourth-order valence-corrected chi connectivity index (χ4v) is 3.16. The standard InChI is InChI=1S/C19H23NO/c1-13(2)18(12-21-3)20-19-16-10-6-4-8-14(16)15-9-5-7-11-17(15)19/h4-11,13,18-20H,12H2,1-3H3. The van der Waals surface area contributed by atoms with E-state index in [-0.39, 0.29) is 6.04 Å². The van der Waals surface area contributed by atoms with Crippen LogP contribution >= 0.6 is 0 Å². The molecule has 0 saturated heterocycles. The molecule has 2 heteroatoms. The van der Waals surface area contributed by atoms with Gasteiger partial charge >= 0.3 is 0 Å². The highest BCUT2D eigenvalue weighted by atomic mass is 16.5. The molecule has 1 unspecified atom stereocenters. The Morgan fingerprint density at radius 1 is 0.952 bits per heavy atom. The van der Waals surface area contributed by atoms with Gasteiger partial charge in [0, 0.05) is 13.2 Å². The maximum atomic E-state index is 5.39. The third-order valence-corrected chi connectivity index (χ3v) is 4.37. The first-order valence-corrected chi connectivity index (χ1v) is 7.65. The predicted molar refractivity (Wildman–Crippen MR) is 87.4 cm³/mol. The highest BCUT2D eigenvalue weighted by Crippen LogP contribution is 2.43. The summed E-state index contributed by atoms with van der Waals surface area (Å²) in [6.07, 6.45) is 0. The van der Waals surface area contributed by atoms with Gasteiger partial charge in [-0.3, -0.25) is 0 Å². The Bertz CT molecular complexity index is 575. The molecule has 2 nitrogen and oxygen atoms in total. The number of nitrogens with one attached hydrogen (secondary N) is 1. The first-order valence-electron chi connectivity index (χ1n) is 7.65. The SMILES string of the molecule is COCC(NC1c2ccccc2-c2ccccc21)C(C)C. The average molecular weight is 281 g/mol. The van der Waals surface area contributed by atoms with Gasteiger partial charge in [0.05, 0.1) is 12.6 Å². The molecule has 0 amide bonds. The van der Waals surface area contributed by atoms with Crippen LogP contribution in [0, 0.1) is 5.92 Å². The molecular weight excluding hydrogens is 258 g/mol. The second-order valence-corrected chi connectivity index (χ2v) is 6.08. The van der Waals surface area contributed by atoms with Crippen LogP contribution in [0.2, 0.25) is 0 Å². The molecule has 0 radical (unpaired) electrons. The fraction of sp³-hybridized carbons (Fsp3) is 0.368. The van der Waals surface area contributed by atoms with Crippen LogP contribution in [0.1, 0.15) is 31.0 Å². The first kappa shape index (κ1) is 14.3. The van der Waals surface area contributed by atoms with Crippen LogP contribution in [0.4, 0.5) is 0 Å². The van der Waals surface area contributed by atoms with Crippen LogP contribution in [0.15, 0.2) is 48.5 Å². The summed E-state index contributed by atoms with van der Waals surface area (Å²) >= 11 is 0. The topological polar surface area (TPSA) is 21.3 Å². The van der Waals surface area contributed by atoms with Crippen molar-refractivity contribution < 1.29 is 4.74 Å². The molecule has 0 bridgehead atoms. The Kier molecular flexibility index (Phi) is 4.09. The van der Waals surface area contributed by atoms with Gasteiger partial charge in [-0.25, -0.2) is 0 Å². The predicted octanol–water partition coefficient (Wildman–Crippen LogP) is 4.02. The van der Waals surface area contributed by atoms with Crippen molar-refractivity contribution in [3.8, 4) is 11.1 Å². The Labute approximate surface area is 127 Å². The molecule has 0 aromatic heterocycles. The Morgan fingerprint density at radius 2 is 1.48 bits per heavy atom. The van der Waals surface area contributed by atoms with E-state index < -0.39 is 0 Å². The number of ether oxygens (including phenoxy) is 1. The summed E-state index contributed by atoms with van der Waals surface area (Å²) in [5.74, 6) is 0.532. The number of methoxy groups -OCH3 is 1. The first-order chi connectivity index (χ1) is 10.2. The van der Waals surface area contributed by atoms with Gasteiger partial charge < -0.3 is 10.1 Å². The van der Waals surface area contributed by atoms with Crippen molar-refractivity contribution in [3.63, 3.8) is 0 Å². The van der Waals surface area contributed by atoms with Gasteiger partial charge in [-0.15, -0.1) is 0 Å². The van der Waals surface area contributed by atoms with Gasteiger partial charge in [0.2, 0.25) is 0 Å². The lowest BCUT2D eigenvalue weighted by molar-refractivity contribution is 0.143. The highest BCUT2D eigenvalue weighted by molar-refractivity contribution is 5.78. The lowest BCUT2D eigenvalue weighted by Crippen LogP contribution is -2.40. The summed E-state index contributed by atoms with van der Waals surface area (Å²) in [4.78, 5) is 0.